The van der Waals surface area contributed by atoms with Crippen molar-refractivity contribution >= 4 is 0 Å². The maximum atomic E-state index is 11.7. The van der Waals surface area contributed by atoms with Crippen molar-refractivity contribution in [2.24, 2.45) is 0 Å². The zero-order valence-corrected chi connectivity index (χ0v) is 11.8. The van der Waals surface area contributed by atoms with Crippen LogP contribution in [0, 0.1) is 0 Å². The summed E-state index contributed by atoms with van der Waals surface area (Å²) < 4.78 is 91.9. The molecule has 0 bridgehead atoms. The summed E-state index contributed by atoms with van der Waals surface area (Å²) in [5.74, 6) is -13.9. The molecule has 0 N–H and O–H groups in total. The third-order valence-electron chi connectivity index (χ3n) is 1.13. The predicted octanol–water partition coefficient (Wildman–Crippen LogP) is -5.83. The fourth-order valence-corrected chi connectivity index (χ4v) is 0.366. The van der Waals surface area contributed by atoms with Crippen LogP contribution in [0.5, 0.6) is 0 Å². The van der Waals surface area contributed by atoms with E-state index < -0.39 is 24.1 Å². The Morgan fingerprint density at radius 2 is 0.625 bits per heavy atom. The maximum absolute atomic E-state index is 11.7. The average molecular weight is 278 g/mol. The molecule has 86 valence electrons. The zero-order chi connectivity index (χ0) is 12.0. The minimum Gasteiger partial charge on any atom is -0.793 e. The van der Waals surface area contributed by atoms with Gasteiger partial charge in [-0.3, -0.25) is 0 Å². The van der Waals surface area contributed by atoms with Crippen molar-refractivity contribution in [1.82, 2.24) is 0 Å². The Labute approximate surface area is 128 Å². The van der Waals surface area contributed by atoms with Crippen molar-refractivity contribution in [2.75, 3.05) is 0 Å². The van der Waals surface area contributed by atoms with Gasteiger partial charge >= 0.3 is 71.0 Å². The van der Waals surface area contributed by atoms with Gasteiger partial charge in [-0.25, -0.2) is 17.6 Å². The van der Waals surface area contributed by atoms with Gasteiger partial charge < -0.3 is 10.2 Å². The van der Waals surface area contributed by atoms with E-state index in [0.717, 1.165) is 0 Å². The molecule has 0 aliphatic carbocycles. The van der Waals surface area contributed by atoms with Crippen molar-refractivity contribution in [3.8, 4) is 0 Å². The van der Waals surface area contributed by atoms with Crippen LogP contribution in [-0.2, 0) is 0 Å². The number of alkyl halides is 8. The number of rotatable bonds is 3. The molecular weight excluding hydrogens is 278 g/mol. The van der Waals surface area contributed by atoms with Crippen LogP contribution >= 0.6 is 0 Å². The predicted molar refractivity (Wildman–Crippen MR) is 19.8 cm³/mol. The van der Waals surface area contributed by atoms with Crippen LogP contribution in [0.1, 0.15) is 0 Å². The molecule has 0 saturated carbocycles. The van der Waals surface area contributed by atoms with Gasteiger partial charge in [-0.2, -0.15) is 17.6 Å². The van der Waals surface area contributed by atoms with Crippen molar-refractivity contribution in [3.63, 3.8) is 0 Å². The van der Waals surface area contributed by atoms with E-state index in [1.807, 2.05) is 0 Å². The van der Waals surface area contributed by atoms with Crippen LogP contribution in [-0.4, -0.2) is 24.1 Å². The summed E-state index contributed by atoms with van der Waals surface area (Å²) in [6.07, 6.45) is -13.4. The minimum absolute atomic E-state index is 0. The van der Waals surface area contributed by atoms with E-state index in [4.69, 9.17) is 0 Å². The molecule has 12 heteroatoms. The Morgan fingerprint density at radius 3 is 0.688 bits per heavy atom. The quantitative estimate of drug-likeness (QED) is 0.381. The molecule has 0 atom stereocenters. The van der Waals surface area contributed by atoms with Crippen LogP contribution in [0.3, 0.4) is 0 Å². The van der Waals surface area contributed by atoms with Crippen LogP contribution in [0.2, 0.25) is 0 Å². The molecular formula is C4F8Na2O2. The molecule has 0 aromatic rings. The van der Waals surface area contributed by atoms with Crippen LogP contribution in [0.4, 0.5) is 35.1 Å². The normalized spacial score (nSPS) is 13.9. The zero-order valence-electron chi connectivity index (χ0n) is 7.84. The van der Waals surface area contributed by atoms with Gasteiger partial charge in [-0.05, 0) is 0 Å². The molecule has 0 aromatic heterocycles. The molecule has 0 heterocycles. The Bertz CT molecular complexity index is 197. The van der Waals surface area contributed by atoms with E-state index in [2.05, 4.69) is 0 Å². The van der Waals surface area contributed by atoms with Crippen molar-refractivity contribution in [3.05, 3.63) is 0 Å². The summed E-state index contributed by atoms with van der Waals surface area (Å²) in [5, 5.41) is 18.4. The van der Waals surface area contributed by atoms with E-state index in [0.29, 0.717) is 0 Å². The molecule has 0 unspecified atom stereocenters. The van der Waals surface area contributed by atoms with Gasteiger partial charge in [0.05, 0.1) is 0 Å². The molecule has 0 rings (SSSR count). The molecule has 0 saturated heterocycles. The van der Waals surface area contributed by atoms with Crippen molar-refractivity contribution in [2.45, 2.75) is 24.1 Å². The summed E-state index contributed by atoms with van der Waals surface area (Å²) >= 11 is 0. The summed E-state index contributed by atoms with van der Waals surface area (Å²) in [4.78, 5) is 0. The second-order valence-electron chi connectivity index (χ2n) is 2.18. The smallest absolute Gasteiger partial charge is 0.793 e. The van der Waals surface area contributed by atoms with Gasteiger partial charge in [-0.15, -0.1) is 0 Å². The standard InChI is InChI=1S/C4F8O2.2Na/c5-1(6,3(9,10)13)2(7,8)4(11,12)14;;/q-2;2*+1. The molecule has 0 aliphatic heterocycles. The second kappa shape index (κ2) is 6.00. The average Bonchev–Trinajstić information content (AvgIpc) is 1.81. The van der Waals surface area contributed by atoms with Crippen molar-refractivity contribution < 1.29 is 104 Å². The van der Waals surface area contributed by atoms with E-state index in [9.17, 15) is 45.3 Å². The SMILES string of the molecule is [Na+].[Na+].[O-]C(F)(F)C(F)(F)C(F)(F)C([O-])(F)F. The topological polar surface area (TPSA) is 46.1 Å². The first-order chi connectivity index (χ1) is 5.75. The fraction of sp³-hybridized carbons (Fsp3) is 1.00. The van der Waals surface area contributed by atoms with Gasteiger partial charge in [0.15, 0.2) is 0 Å². The molecule has 2 nitrogen and oxygen atoms in total. The van der Waals surface area contributed by atoms with Gasteiger partial charge in [0, 0.05) is 0 Å². The minimum atomic E-state index is -6.97. The molecule has 0 aromatic carbocycles. The van der Waals surface area contributed by atoms with Gasteiger partial charge in [0.2, 0.25) is 0 Å². The first-order valence-corrected chi connectivity index (χ1v) is 2.67. The number of halogens is 8. The first-order valence-electron chi connectivity index (χ1n) is 2.67. The maximum Gasteiger partial charge on any atom is 1.00 e. The Morgan fingerprint density at radius 1 is 0.500 bits per heavy atom. The Hall–Kier alpha value is 1.36. The molecule has 0 aliphatic rings. The van der Waals surface area contributed by atoms with Gasteiger partial charge in [-0.1, -0.05) is 0 Å². The van der Waals surface area contributed by atoms with Gasteiger partial charge in [0.25, 0.3) is 12.2 Å². The first kappa shape index (κ1) is 22.5. The molecule has 0 amide bonds. The summed E-state index contributed by atoms with van der Waals surface area (Å²) in [6.45, 7) is 0. The van der Waals surface area contributed by atoms with Crippen molar-refractivity contribution in [1.29, 1.82) is 0 Å². The van der Waals surface area contributed by atoms with E-state index in [1.165, 1.54) is 0 Å². The van der Waals surface area contributed by atoms with E-state index >= 15 is 0 Å². The molecule has 0 fully saturated rings. The van der Waals surface area contributed by atoms with E-state index in [1.54, 1.807) is 0 Å². The third-order valence-corrected chi connectivity index (χ3v) is 1.13. The molecule has 0 spiro atoms. The number of hydrogen-bond donors (Lipinski definition) is 0. The number of hydrogen-bond acceptors (Lipinski definition) is 2. The summed E-state index contributed by atoms with van der Waals surface area (Å²) in [7, 11) is 0. The molecule has 0 radical (unpaired) electrons. The molecule has 16 heavy (non-hydrogen) atoms. The monoisotopic (exact) mass is 278 g/mol. The Balaban J connectivity index is -0.000000845. The Kier molecular flexibility index (Phi) is 8.45. The van der Waals surface area contributed by atoms with Crippen LogP contribution in [0.25, 0.3) is 0 Å². The summed E-state index contributed by atoms with van der Waals surface area (Å²) in [5.41, 5.74) is 0. The van der Waals surface area contributed by atoms with Crippen LogP contribution in [0.15, 0.2) is 0 Å². The van der Waals surface area contributed by atoms with Crippen LogP contribution < -0.4 is 69.3 Å². The fourth-order valence-electron chi connectivity index (χ4n) is 0.366. The summed E-state index contributed by atoms with van der Waals surface area (Å²) in [6, 6.07) is 0. The van der Waals surface area contributed by atoms with E-state index in [-0.39, 0.29) is 59.1 Å². The third kappa shape index (κ3) is 3.94. The van der Waals surface area contributed by atoms with Gasteiger partial charge in [0.1, 0.15) is 0 Å². The second-order valence-corrected chi connectivity index (χ2v) is 2.18. The largest absolute Gasteiger partial charge is 1.00 e.